The van der Waals surface area contributed by atoms with Crippen LogP contribution in [0.1, 0.15) is 32.1 Å². The second kappa shape index (κ2) is 5.44. The second-order valence-corrected chi connectivity index (χ2v) is 5.72. The molecule has 2 N–H and O–H groups in total. The smallest absolute Gasteiger partial charge is 0.307 e. The van der Waals surface area contributed by atoms with Crippen LogP contribution >= 0.6 is 0 Å². The van der Waals surface area contributed by atoms with Gasteiger partial charge in [-0.3, -0.25) is 9.59 Å². The van der Waals surface area contributed by atoms with Crippen molar-refractivity contribution in [3.8, 4) is 0 Å². The zero-order chi connectivity index (χ0) is 15.9. The molecule has 116 valence electrons. The first-order chi connectivity index (χ1) is 10.5. The third-order valence-electron chi connectivity index (χ3n) is 4.19. The number of nitrogens with zero attached hydrogens (tertiary/aromatic N) is 2. The molecule has 1 saturated carbocycles. The molecule has 0 saturated heterocycles. The number of aromatic nitrogens is 2. The summed E-state index contributed by atoms with van der Waals surface area (Å²) in [6.45, 7) is 4.67. The van der Waals surface area contributed by atoms with E-state index in [1.807, 2.05) is 38.1 Å². The van der Waals surface area contributed by atoms with Gasteiger partial charge in [0.15, 0.2) is 0 Å². The van der Waals surface area contributed by atoms with E-state index in [9.17, 15) is 9.59 Å². The molecular weight excluding hydrogens is 282 g/mol. The van der Waals surface area contributed by atoms with Crippen molar-refractivity contribution >= 4 is 22.9 Å². The number of carbonyl (C=O) groups is 2. The molecule has 1 aliphatic rings. The average Bonchev–Trinajstić information content (AvgIpc) is 3.21. The van der Waals surface area contributed by atoms with E-state index in [-0.39, 0.29) is 11.9 Å². The molecule has 1 aromatic carbocycles. The highest BCUT2D eigenvalue weighted by Crippen LogP contribution is 2.39. The highest BCUT2D eigenvalue weighted by molar-refractivity contribution is 5.89. The van der Waals surface area contributed by atoms with Gasteiger partial charge in [-0.15, -0.1) is 0 Å². The Labute approximate surface area is 128 Å². The van der Waals surface area contributed by atoms with E-state index in [1.54, 1.807) is 0 Å². The molecule has 1 heterocycles. The molecular formula is C16H19N3O3. The fraction of sp³-hybridized carbons (Fsp3) is 0.438. The lowest BCUT2D eigenvalue weighted by Crippen LogP contribution is -2.30. The van der Waals surface area contributed by atoms with E-state index in [0.717, 1.165) is 23.4 Å². The second-order valence-electron chi connectivity index (χ2n) is 5.72. The van der Waals surface area contributed by atoms with Crippen molar-refractivity contribution in [1.82, 2.24) is 14.9 Å². The summed E-state index contributed by atoms with van der Waals surface area (Å²) in [6.07, 6.45) is 0.429. The fourth-order valence-electron chi connectivity index (χ4n) is 2.90. The highest BCUT2D eigenvalue weighted by atomic mass is 16.4. The molecule has 6 nitrogen and oxygen atoms in total. The van der Waals surface area contributed by atoms with Gasteiger partial charge in [-0.2, -0.15) is 0 Å². The van der Waals surface area contributed by atoms with Crippen LogP contribution in [0.25, 0.3) is 11.0 Å². The van der Waals surface area contributed by atoms with Crippen LogP contribution in [0.3, 0.4) is 0 Å². The monoisotopic (exact) mass is 301 g/mol. The number of para-hydroxylation sites is 2. The Bertz CT molecular complexity index is 737. The summed E-state index contributed by atoms with van der Waals surface area (Å²) in [5, 5.41) is 11.8. The number of carbonyl (C=O) groups excluding carboxylic acids is 1. The molecule has 1 fully saturated rings. The number of benzene rings is 1. The molecule has 6 heteroatoms. The first kappa shape index (κ1) is 14.6. The zero-order valence-electron chi connectivity index (χ0n) is 12.6. The Balaban J connectivity index is 1.79. The van der Waals surface area contributed by atoms with E-state index < -0.39 is 17.8 Å². The number of amides is 1. The first-order valence-corrected chi connectivity index (χ1v) is 7.51. The Morgan fingerprint density at radius 1 is 1.41 bits per heavy atom. The van der Waals surface area contributed by atoms with E-state index in [2.05, 4.69) is 14.9 Å². The molecule has 0 radical (unpaired) electrons. The van der Waals surface area contributed by atoms with Gasteiger partial charge >= 0.3 is 5.97 Å². The fourth-order valence-corrected chi connectivity index (χ4v) is 2.90. The molecule has 22 heavy (non-hydrogen) atoms. The summed E-state index contributed by atoms with van der Waals surface area (Å²) in [5.74, 6) is -1.23. The van der Waals surface area contributed by atoms with Crippen LogP contribution in [0.15, 0.2) is 24.3 Å². The number of nitrogens with one attached hydrogen (secondary N) is 1. The average molecular weight is 301 g/mol. The minimum absolute atomic E-state index is 0.199. The topological polar surface area (TPSA) is 84.2 Å². The molecule has 0 spiro atoms. The SMILES string of the molecule is CCn1c(C(C)NC(=O)C2CC2C(=O)O)nc2ccccc21. The first-order valence-electron chi connectivity index (χ1n) is 7.51. The van der Waals surface area contributed by atoms with Crippen molar-refractivity contribution in [1.29, 1.82) is 0 Å². The summed E-state index contributed by atoms with van der Waals surface area (Å²) in [7, 11) is 0. The largest absolute Gasteiger partial charge is 0.481 e. The van der Waals surface area contributed by atoms with Gasteiger partial charge in [0.25, 0.3) is 0 Å². The molecule has 3 atom stereocenters. The third kappa shape index (κ3) is 2.45. The Morgan fingerprint density at radius 2 is 2.14 bits per heavy atom. The highest BCUT2D eigenvalue weighted by Gasteiger charge is 2.48. The summed E-state index contributed by atoms with van der Waals surface area (Å²) in [5.41, 5.74) is 1.94. The van der Waals surface area contributed by atoms with Crippen LogP contribution in [0.5, 0.6) is 0 Å². The third-order valence-corrected chi connectivity index (χ3v) is 4.19. The molecule has 0 aliphatic heterocycles. The van der Waals surface area contributed by atoms with Gasteiger partial charge < -0.3 is 15.0 Å². The molecule has 3 unspecified atom stereocenters. The number of hydrogen-bond donors (Lipinski definition) is 2. The van der Waals surface area contributed by atoms with E-state index in [4.69, 9.17) is 5.11 Å². The van der Waals surface area contributed by atoms with Crippen LogP contribution in [0.4, 0.5) is 0 Å². The number of aliphatic carboxylic acids is 1. The number of rotatable bonds is 5. The normalized spacial score (nSPS) is 21.5. The molecule has 1 aliphatic carbocycles. The number of carboxylic acids is 1. The van der Waals surface area contributed by atoms with Crippen LogP contribution in [-0.2, 0) is 16.1 Å². The van der Waals surface area contributed by atoms with Crippen LogP contribution < -0.4 is 5.32 Å². The van der Waals surface area contributed by atoms with Crippen LogP contribution in [0.2, 0.25) is 0 Å². The van der Waals surface area contributed by atoms with E-state index in [0.29, 0.717) is 6.42 Å². The summed E-state index contributed by atoms with van der Waals surface area (Å²) in [6, 6.07) is 7.59. The van der Waals surface area contributed by atoms with Crippen LogP contribution in [-0.4, -0.2) is 26.5 Å². The van der Waals surface area contributed by atoms with Gasteiger partial charge in [0, 0.05) is 6.54 Å². The van der Waals surface area contributed by atoms with Gasteiger partial charge in [0.2, 0.25) is 5.91 Å². The van der Waals surface area contributed by atoms with Crippen molar-refractivity contribution < 1.29 is 14.7 Å². The quantitative estimate of drug-likeness (QED) is 0.884. The van der Waals surface area contributed by atoms with E-state index >= 15 is 0 Å². The lowest BCUT2D eigenvalue weighted by atomic mass is 10.2. The van der Waals surface area contributed by atoms with Crippen molar-refractivity contribution in [2.24, 2.45) is 11.8 Å². The van der Waals surface area contributed by atoms with Crippen molar-refractivity contribution in [3.05, 3.63) is 30.1 Å². The van der Waals surface area contributed by atoms with Gasteiger partial charge in [-0.05, 0) is 32.4 Å². The van der Waals surface area contributed by atoms with Gasteiger partial charge in [0.05, 0.1) is 28.9 Å². The summed E-state index contributed by atoms with van der Waals surface area (Å²) < 4.78 is 2.07. The molecule has 1 amide bonds. The maximum atomic E-state index is 12.1. The summed E-state index contributed by atoms with van der Waals surface area (Å²) >= 11 is 0. The van der Waals surface area contributed by atoms with E-state index in [1.165, 1.54) is 0 Å². The number of hydrogen-bond acceptors (Lipinski definition) is 3. The predicted molar refractivity (Wildman–Crippen MR) is 81.2 cm³/mol. The lowest BCUT2D eigenvalue weighted by Gasteiger charge is -2.15. The Morgan fingerprint density at radius 3 is 2.77 bits per heavy atom. The standard InChI is InChI=1S/C16H19N3O3/c1-3-19-13-7-5-4-6-12(13)18-14(19)9(2)17-15(20)10-8-11(10)16(21)22/h4-7,9-11H,3,8H2,1-2H3,(H,17,20)(H,21,22). The van der Waals surface area contributed by atoms with Gasteiger partial charge in [-0.1, -0.05) is 12.1 Å². The Hall–Kier alpha value is -2.37. The molecule has 2 aromatic rings. The van der Waals surface area contributed by atoms with Gasteiger partial charge in [0.1, 0.15) is 5.82 Å². The summed E-state index contributed by atoms with van der Waals surface area (Å²) in [4.78, 5) is 27.6. The maximum absolute atomic E-state index is 12.1. The zero-order valence-corrected chi connectivity index (χ0v) is 12.6. The lowest BCUT2D eigenvalue weighted by molar-refractivity contribution is -0.140. The van der Waals surface area contributed by atoms with Gasteiger partial charge in [-0.25, -0.2) is 4.98 Å². The van der Waals surface area contributed by atoms with Crippen molar-refractivity contribution in [2.45, 2.75) is 32.9 Å². The minimum atomic E-state index is -0.895. The number of aryl methyl sites for hydroxylation is 1. The van der Waals surface area contributed by atoms with Crippen molar-refractivity contribution in [2.75, 3.05) is 0 Å². The molecule has 3 rings (SSSR count). The predicted octanol–water partition coefficient (Wildman–Crippen LogP) is 1.95. The molecule has 1 aromatic heterocycles. The number of fused-ring (bicyclic) bond motifs is 1. The molecule has 0 bridgehead atoms. The maximum Gasteiger partial charge on any atom is 0.307 e. The van der Waals surface area contributed by atoms with Crippen molar-refractivity contribution in [3.63, 3.8) is 0 Å². The minimum Gasteiger partial charge on any atom is -0.481 e. The Kier molecular flexibility index (Phi) is 3.60. The number of carboxylic acid groups (broad SMARTS) is 1. The number of imidazole rings is 1. The van der Waals surface area contributed by atoms with Crippen LogP contribution in [0, 0.1) is 11.8 Å².